The molecule has 1 aromatic heterocycles. The van der Waals surface area contributed by atoms with Crippen molar-refractivity contribution in [3.05, 3.63) is 65.7 Å². The molecule has 0 unspecified atom stereocenters. The van der Waals surface area contributed by atoms with Gasteiger partial charge in [0.1, 0.15) is 0 Å². The van der Waals surface area contributed by atoms with E-state index in [4.69, 9.17) is 0 Å². The third kappa shape index (κ3) is 5.26. The Morgan fingerprint density at radius 3 is 2.31 bits per heavy atom. The van der Waals surface area contributed by atoms with E-state index in [1.54, 1.807) is 4.90 Å². The molecule has 0 spiro atoms. The zero-order chi connectivity index (χ0) is 21.0. The molecule has 0 aliphatic carbocycles. The van der Waals surface area contributed by atoms with E-state index in [1.807, 2.05) is 49.0 Å². The number of hydrogen-bond donors (Lipinski definition) is 0. The van der Waals surface area contributed by atoms with Crippen LogP contribution in [0.4, 0.5) is 0 Å². The van der Waals surface area contributed by atoms with Crippen molar-refractivity contribution in [2.75, 3.05) is 12.8 Å². The van der Waals surface area contributed by atoms with Crippen molar-refractivity contribution in [2.45, 2.75) is 37.9 Å². The van der Waals surface area contributed by atoms with Crippen LogP contribution in [-0.2, 0) is 23.8 Å². The maximum Gasteiger partial charge on any atom is 0.233 e. The van der Waals surface area contributed by atoms with Gasteiger partial charge in [-0.15, -0.1) is 10.2 Å². The molecule has 0 saturated carbocycles. The van der Waals surface area contributed by atoms with Gasteiger partial charge in [0.2, 0.25) is 5.91 Å². The Kier molecular flexibility index (Phi) is 6.42. The molecule has 6 heteroatoms. The van der Waals surface area contributed by atoms with E-state index in [-0.39, 0.29) is 11.3 Å². The van der Waals surface area contributed by atoms with Gasteiger partial charge in [0.15, 0.2) is 11.0 Å². The quantitative estimate of drug-likeness (QED) is 0.562. The second-order valence-corrected chi connectivity index (χ2v) is 9.16. The number of carbonyl (C=O) groups excluding carboxylic acids is 1. The fraction of sp³-hybridized carbons (Fsp3) is 0.348. The molecular weight excluding hydrogens is 380 g/mol. The molecule has 0 atom stereocenters. The lowest BCUT2D eigenvalue weighted by atomic mass is 9.87. The summed E-state index contributed by atoms with van der Waals surface area (Å²) in [6.45, 7) is 7.20. The molecule has 3 aromatic rings. The van der Waals surface area contributed by atoms with E-state index < -0.39 is 0 Å². The fourth-order valence-corrected chi connectivity index (χ4v) is 3.84. The fourth-order valence-electron chi connectivity index (χ4n) is 2.99. The summed E-state index contributed by atoms with van der Waals surface area (Å²) in [5.41, 5.74) is 3.54. The molecule has 2 aromatic carbocycles. The summed E-state index contributed by atoms with van der Waals surface area (Å²) in [5, 5.41) is 9.36. The van der Waals surface area contributed by atoms with Crippen LogP contribution in [0.25, 0.3) is 11.4 Å². The maximum absolute atomic E-state index is 12.5. The summed E-state index contributed by atoms with van der Waals surface area (Å²) in [7, 11) is 3.77. The van der Waals surface area contributed by atoms with Gasteiger partial charge in [-0.05, 0) is 16.5 Å². The van der Waals surface area contributed by atoms with Gasteiger partial charge >= 0.3 is 0 Å². The minimum Gasteiger partial charge on any atom is -0.341 e. The lowest BCUT2D eigenvalue weighted by Gasteiger charge is -2.19. The molecule has 0 aliphatic heterocycles. The molecule has 1 heterocycles. The second-order valence-electron chi connectivity index (χ2n) is 8.22. The molecule has 1 amide bonds. The van der Waals surface area contributed by atoms with Crippen molar-refractivity contribution in [2.24, 2.45) is 7.05 Å². The first-order valence-electron chi connectivity index (χ1n) is 9.66. The van der Waals surface area contributed by atoms with Crippen molar-refractivity contribution >= 4 is 17.7 Å². The first-order chi connectivity index (χ1) is 13.8. The Hall–Kier alpha value is -2.60. The first-order valence-corrected chi connectivity index (χ1v) is 10.7. The molecule has 0 radical (unpaired) electrons. The zero-order valence-corrected chi connectivity index (χ0v) is 18.5. The highest BCUT2D eigenvalue weighted by Crippen LogP contribution is 2.27. The Morgan fingerprint density at radius 1 is 1.03 bits per heavy atom. The number of hydrogen-bond acceptors (Lipinski definition) is 4. The van der Waals surface area contributed by atoms with Gasteiger partial charge in [-0.1, -0.05) is 87.1 Å². The second kappa shape index (κ2) is 8.82. The largest absolute Gasteiger partial charge is 0.341 e. The van der Waals surface area contributed by atoms with Crippen LogP contribution in [-0.4, -0.2) is 38.4 Å². The topological polar surface area (TPSA) is 51.0 Å². The molecule has 0 fully saturated rings. The number of amides is 1. The number of benzene rings is 2. The van der Waals surface area contributed by atoms with Crippen LogP contribution in [0.3, 0.4) is 0 Å². The molecule has 0 bridgehead atoms. The highest BCUT2D eigenvalue weighted by atomic mass is 32.2. The van der Waals surface area contributed by atoms with E-state index in [0.29, 0.717) is 12.3 Å². The highest BCUT2D eigenvalue weighted by Gasteiger charge is 2.17. The minimum absolute atomic E-state index is 0.0675. The summed E-state index contributed by atoms with van der Waals surface area (Å²) >= 11 is 1.42. The number of aromatic nitrogens is 3. The van der Waals surface area contributed by atoms with Crippen molar-refractivity contribution in [3.8, 4) is 11.4 Å². The van der Waals surface area contributed by atoms with Crippen LogP contribution >= 0.6 is 11.8 Å². The molecule has 29 heavy (non-hydrogen) atoms. The normalized spacial score (nSPS) is 11.5. The number of nitrogens with zero attached hydrogens (tertiary/aromatic N) is 4. The number of carbonyl (C=O) groups is 1. The third-order valence-corrected chi connectivity index (χ3v) is 5.86. The molecule has 0 aliphatic rings. The van der Waals surface area contributed by atoms with Gasteiger partial charge in [-0.25, -0.2) is 0 Å². The molecule has 5 nitrogen and oxygen atoms in total. The van der Waals surface area contributed by atoms with Gasteiger partial charge in [0, 0.05) is 26.2 Å². The maximum atomic E-state index is 12.5. The molecule has 152 valence electrons. The van der Waals surface area contributed by atoms with E-state index in [9.17, 15) is 4.79 Å². The SMILES string of the molecule is CN(Cc1ccccc1)C(=O)CSc1nnc(-c2ccc(C(C)(C)C)cc2)n1C. The Balaban J connectivity index is 1.63. The van der Waals surface area contributed by atoms with Crippen LogP contribution in [0, 0.1) is 0 Å². The van der Waals surface area contributed by atoms with Gasteiger partial charge in [-0.2, -0.15) is 0 Å². The van der Waals surface area contributed by atoms with Crippen LogP contribution in [0.1, 0.15) is 31.9 Å². The van der Waals surface area contributed by atoms with Crippen molar-refractivity contribution in [3.63, 3.8) is 0 Å². The van der Waals surface area contributed by atoms with E-state index in [2.05, 4.69) is 55.2 Å². The lowest BCUT2D eigenvalue weighted by molar-refractivity contribution is -0.127. The molecule has 0 N–H and O–H groups in total. The van der Waals surface area contributed by atoms with E-state index in [0.717, 1.165) is 22.1 Å². The third-order valence-electron chi connectivity index (χ3n) is 4.86. The van der Waals surface area contributed by atoms with E-state index in [1.165, 1.54) is 17.3 Å². The summed E-state index contributed by atoms with van der Waals surface area (Å²) in [6.07, 6.45) is 0. The number of thioether (sulfide) groups is 1. The van der Waals surface area contributed by atoms with Crippen LogP contribution in [0.2, 0.25) is 0 Å². The summed E-state index contributed by atoms with van der Waals surface area (Å²) in [6, 6.07) is 18.4. The Morgan fingerprint density at radius 2 is 1.69 bits per heavy atom. The summed E-state index contributed by atoms with van der Waals surface area (Å²) < 4.78 is 1.95. The predicted molar refractivity (Wildman–Crippen MR) is 119 cm³/mol. The Labute approximate surface area is 177 Å². The van der Waals surface area contributed by atoms with E-state index >= 15 is 0 Å². The van der Waals surface area contributed by atoms with Crippen molar-refractivity contribution in [1.29, 1.82) is 0 Å². The summed E-state index contributed by atoms with van der Waals surface area (Å²) in [4.78, 5) is 14.2. The van der Waals surface area contributed by atoms with Gasteiger partial charge in [-0.3, -0.25) is 4.79 Å². The minimum atomic E-state index is 0.0675. The van der Waals surface area contributed by atoms with Gasteiger partial charge < -0.3 is 9.47 Å². The standard InChI is InChI=1S/C23H28N4OS/c1-23(2,3)19-13-11-18(12-14-19)21-24-25-22(27(21)5)29-16-20(28)26(4)15-17-9-7-6-8-10-17/h6-14H,15-16H2,1-5H3. The van der Waals surface area contributed by atoms with Crippen LogP contribution in [0.5, 0.6) is 0 Å². The van der Waals surface area contributed by atoms with Crippen LogP contribution < -0.4 is 0 Å². The molecular formula is C23H28N4OS. The average molecular weight is 409 g/mol. The van der Waals surface area contributed by atoms with Crippen molar-refractivity contribution in [1.82, 2.24) is 19.7 Å². The molecule has 0 saturated heterocycles. The number of rotatable bonds is 6. The van der Waals surface area contributed by atoms with Gasteiger partial charge in [0.25, 0.3) is 0 Å². The lowest BCUT2D eigenvalue weighted by Crippen LogP contribution is -2.27. The Bertz CT molecular complexity index is 959. The average Bonchev–Trinajstić information content (AvgIpc) is 3.06. The highest BCUT2D eigenvalue weighted by molar-refractivity contribution is 7.99. The smallest absolute Gasteiger partial charge is 0.233 e. The summed E-state index contributed by atoms with van der Waals surface area (Å²) in [5.74, 6) is 1.20. The zero-order valence-electron chi connectivity index (χ0n) is 17.7. The van der Waals surface area contributed by atoms with Crippen molar-refractivity contribution < 1.29 is 4.79 Å². The predicted octanol–water partition coefficient (Wildman–Crippen LogP) is 4.53. The van der Waals surface area contributed by atoms with Crippen LogP contribution in [0.15, 0.2) is 59.8 Å². The molecule has 3 rings (SSSR count). The van der Waals surface area contributed by atoms with Gasteiger partial charge in [0.05, 0.1) is 5.75 Å². The monoisotopic (exact) mass is 408 g/mol. The first kappa shape index (κ1) is 21.1.